The van der Waals surface area contributed by atoms with E-state index in [1.165, 1.54) is 46.3 Å². The normalized spacial score (nSPS) is 14.9. The van der Waals surface area contributed by atoms with E-state index in [1.54, 1.807) is 18.2 Å². The molecule has 1 saturated heterocycles. The average molecular weight is 505 g/mol. The molecule has 10 heteroatoms. The van der Waals surface area contributed by atoms with Crippen molar-refractivity contribution in [3.05, 3.63) is 77.6 Å². The second-order valence-corrected chi connectivity index (χ2v) is 10.4. The Kier molecular flexibility index (Phi) is 6.70. The second kappa shape index (κ2) is 9.43. The molecule has 2 aromatic carbocycles. The van der Waals surface area contributed by atoms with E-state index in [2.05, 4.69) is 0 Å². The number of sulfonamides is 1. The summed E-state index contributed by atoms with van der Waals surface area (Å²) in [5.41, 5.74) is 0.501. The van der Waals surface area contributed by atoms with Crippen molar-refractivity contribution in [3.8, 4) is 11.1 Å². The number of benzene rings is 2. The van der Waals surface area contributed by atoms with Crippen LogP contribution in [0.25, 0.3) is 11.1 Å². The first-order valence-corrected chi connectivity index (χ1v) is 12.4. The van der Waals surface area contributed by atoms with E-state index in [-0.39, 0.29) is 34.3 Å². The molecule has 2 heterocycles. The molecule has 0 saturated carbocycles. The van der Waals surface area contributed by atoms with Gasteiger partial charge in [0, 0.05) is 31.8 Å². The lowest BCUT2D eigenvalue weighted by atomic mass is 10.0. The lowest BCUT2D eigenvalue weighted by Gasteiger charge is -2.13. The third-order valence-corrected chi connectivity index (χ3v) is 7.84. The Balaban J connectivity index is 1.56. The van der Waals surface area contributed by atoms with Crippen molar-refractivity contribution in [2.75, 3.05) is 13.1 Å². The van der Waals surface area contributed by atoms with Crippen molar-refractivity contribution in [2.24, 2.45) is 0 Å². The highest BCUT2D eigenvalue weighted by Crippen LogP contribution is 2.32. The van der Waals surface area contributed by atoms with Crippen molar-refractivity contribution in [1.29, 1.82) is 0 Å². The Bertz CT molecular complexity index is 1370. The van der Waals surface area contributed by atoms with E-state index in [1.807, 2.05) is 0 Å². The first-order chi connectivity index (χ1) is 16.5. The van der Waals surface area contributed by atoms with Crippen molar-refractivity contribution in [1.82, 2.24) is 8.87 Å². The van der Waals surface area contributed by atoms with Gasteiger partial charge in [0.15, 0.2) is 11.6 Å². The number of hydrogen-bond donors (Lipinski definition) is 0. The van der Waals surface area contributed by atoms with Crippen LogP contribution < -0.4 is 0 Å². The summed E-state index contributed by atoms with van der Waals surface area (Å²) in [6.07, 6.45) is -1.61. The highest BCUT2D eigenvalue weighted by Gasteiger charge is 2.31. The van der Waals surface area contributed by atoms with Gasteiger partial charge < -0.3 is 4.57 Å². The van der Waals surface area contributed by atoms with Crippen LogP contribution in [0.1, 0.15) is 46.2 Å². The van der Waals surface area contributed by atoms with Gasteiger partial charge >= 0.3 is 6.18 Å². The first-order valence-electron chi connectivity index (χ1n) is 11.0. The average Bonchev–Trinajstić information content (AvgIpc) is 3.50. The van der Waals surface area contributed by atoms with Crippen LogP contribution >= 0.6 is 0 Å². The molecule has 6 nitrogen and oxygen atoms in total. The van der Waals surface area contributed by atoms with Crippen molar-refractivity contribution in [3.63, 3.8) is 0 Å². The van der Waals surface area contributed by atoms with Gasteiger partial charge in [0.2, 0.25) is 10.0 Å². The molecule has 35 heavy (non-hydrogen) atoms. The van der Waals surface area contributed by atoms with Gasteiger partial charge in [-0.25, -0.2) is 8.42 Å². The fraction of sp³-hybridized carbons (Fsp3) is 0.280. The summed E-state index contributed by atoms with van der Waals surface area (Å²) < 4.78 is 67.5. The van der Waals surface area contributed by atoms with Crippen LogP contribution in [0.4, 0.5) is 13.2 Å². The van der Waals surface area contributed by atoms with Crippen LogP contribution in [0.5, 0.6) is 0 Å². The summed E-state index contributed by atoms with van der Waals surface area (Å²) in [5, 5.41) is 0. The smallest absolute Gasteiger partial charge is 0.336 e. The summed E-state index contributed by atoms with van der Waals surface area (Å²) >= 11 is 0. The standard InChI is InChI=1S/C25H23F3N2O4S/c1-17(31)23-14-22(35(33,34)30-11-2-3-12-30)15-29(23)16-24(32)19-9-7-18(8-10-19)20-5-4-6-21(13-20)25(26,27)28/h4-10,13-15H,2-3,11-12,16H2,1H3. The molecule has 0 spiro atoms. The Morgan fingerprint density at radius 2 is 1.60 bits per heavy atom. The highest BCUT2D eigenvalue weighted by atomic mass is 32.2. The molecule has 0 bridgehead atoms. The highest BCUT2D eigenvalue weighted by molar-refractivity contribution is 7.89. The monoisotopic (exact) mass is 504 g/mol. The van der Waals surface area contributed by atoms with Gasteiger partial charge in [-0.15, -0.1) is 0 Å². The summed E-state index contributed by atoms with van der Waals surface area (Å²) in [4.78, 5) is 25.0. The quantitative estimate of drug-likeness (QED) is 0.423. The lowest BCUT2D eigenvalue weighted by molar-refractivity contribution is -0.137. The third-order valence-electron chi connectivity index (χ3n) is 5.98. The van der Waals surface area contributed by atoms with E-state index in [0.717, 1.165) is 25.0 Å². The molecule has 0 unspecified atom stereocenters. The number of rotatable bonds is 7. The predicted molar refractivity (Wildman–Crippen MR) is 124 cm³/mol. The minimum absolute atomic E-state index is 0.0303. The topological polar surface area (TPSA) is 76.5 Å². The minimum Gasteiger partial charge on any atom is -0.336 e. The number of alkyl halides is 3. The molecule has 1 fully saturated rings. The number of hydrogen-bond acceptors (Lipinski definition) is 4. The molecule has 1 aromatic heterocycles. The van der Waals surface area contributed by atoms with Gasteiger partial charge in [-0.1, -0.05) is 36.4 Å². The Morgan fingerprint density at radius 1 is 0.943 bits per heavy atom. The molecular weight excluding hydrogens is 481 g/mol. The number of aromatic nitrogens is 1. The molecule has 1 aliphatic rings. The Hall–Kier alpha value is -3.24. The van der Waals surface area contributed by atoms with Crippen LogP contribution in [0.3, 0.4) is 0 Å². The maximum atomic E-state index is 13.0. The summed E-state index contributed by atoms with van der Waals surface area (Å²) in [6.45, 7) is 1.87. The van der Waals surface area contributed by atoms with Crippen LogP contribution in [-0.4, -0.2) is 41.9 Å². The predicted octanol–water partition coefficient (Wildman–Crippen LogP) is 5.04. The van der Waals surface area contributed by atoms with Crippen LogP contribution in [0.15, 0.2) is 65.7 Å². The SMILES string of the molecule is CC(=O)c1cc(S(=O)(=O)N2CCCC2)cn1CC(=O)c1ccc(-c2cccc(C(F)(F)F)c2)cc1. The van der Waals surface area contributed by atoms with Crippen molar-refractivity contribution in [2.45, 2.75) is 37.4 Å². The largest absolute Gasteiger partial charge is 0.416 e. The maximum absolute atomic E-state index is 13.0. The zero-order valence-electron chi connectivity index (χ0n) is 18.9. The van der Waals surface area contributed by atoms with Crippen molar-refractivity contribution >= 4 is 21.6 Å². The van der Waals surface area contributed by atoms with Gasteiger partial charge in [0.25, 0.3) is 0 Å². The Morgan fingerprint density at radius 3 is 2.20 bits per heavy atom. The first kappa shape index (κ1) is 24.9. The molecule has 0 N–H and O–H groups in total. The van der Waals surface area contributed by atoms with Gasteiger partial charge in [-0.2, -0.15) is 17.5 Å². The maximum Gasteiger partial charge on any atom is 0.416 e. The van der Waals surface area contributed by atoms with Gasteiger partial charge in [0.05, 0.1) is 17.8 Å². The number of carbonyl (C=O) groups excluding carboxylic acids is 2. The summed E-state index contributed by atoms with van der Waals surface area (Å²) in [7, 11) is -3.76. The van der Waals surface area contributed by atoms with E-state index in [4.69, 9.17) is 0 Å². The molecule has 0 radical (unpaired) electrons. The zero-order chi connectivity index (χ0) is 25.4. The van der Waals surface area contributed by atoms with Gasteiger partial charge in [-0.3, -0.25) is 9.59 Å². The molecule has 1 aliphatic heterocycles. The lowest BCUT2D eigenvalue weighted by Crippen LogP contribution is -2.27. The van der Waals surface area contributed by atoms with Crippen LogP contribution in [-0.2, 0) is 22.7 Å². The van der Waals surface area contributed by atoms with Crippen LogP contribution in [0, 0.1) is 0 Å². The summed E-state index contributed by atoms with van der Waals surface area (Å²) in [5.74, 6) is -0.746. The van der Waals surface area contributed by atoms with E-state index in [0.29, 0.717) is 24.2 Å². The molecule has 0 amide bonds. The number of carbonyl (C=O) groups is 2. The fourth-order valence-electron chi connectivity index (χ4n) is 4.10. The molecule has 0 aliphatic carbocycles. The number of ketones is 2. The molecule has 0 atom stereocenters. The van der Waals surface area contributed by atoms with Gasteiger partial charge in [-0.05, 0) is 42.2 Å². The minimum atomic E-state index is -4.46. The van der Waals surface area contributed by atoms with Gasteiger partial charge in [0.1, 0.15) is 4.90 Å². The Labute approximate surface area is 201 Å². The third kappa shape index (κ3) is 5.23. The number of nitrogens with zero attached hydrogens (tertiary/aromatic N) is 2. The number of halogens is 3. The molecule has 3 aromatic rings. The number of Topliss-reactive ketones (excluding diaryl/α,β-unsaturated/α-hetero) is 2. The van der Waals surface area contributed by atoms with E-state index < -0.39 is 21.8 Å². The van der Waals surface area contributed by atoms with E-state index in [9.17, 15) is 31.2 Å². The van der Waals surface area contributed by atoms with Crippen molar-refractivity contribution < 1.29 is 31.2 Å². The van der Waals surface area contributed by atoms with Crippen LogP contribution in [0.2, 0.25) is 0 Å². The second-order valence-electron chi connectivity index (χ2n) is 8.44. The summed E-state index contributed by atoms with van der Waals surface area (Å²) in [6, 6.07) is 12.3. The molecule has 4 rings (SSSR count). The van der Waals surface area contributed by atoms with E-state index >= 15 is 0 Å². The fourth-order valence-corrected chi connectivity index (χ4v) is 5.66. The molecular formula is C25H23F3N2O4S. The molecule has 184 valence electrons. The zero-order valence-corrected chi connectivity index (χ0v) is 19.7.